The Bertz CT molecular complexity index is 571. The first kappa shape index (κ1) is 12.2. The molecule has 0 bridgehead atoms. The number of benzene rings is 1. The summed E-state index contributed by atoms with van der Waals surface area (Å²) in [6, 6.07) is 5.88. The molecule has 4 nitrogen and oxygen atoms in total. The molecule has 0 radical (unpaired) electrons. The van der Waals surface area contributed by atoms with E-state index in [4.69, 9.17) is 10.2 Å². The number of nitrogens with zero attached hydrogens (tertiary/aromatic N) is 2. The number of para-hydroxylation sites is 1. The molecule has 0 amide bonds. The summed E-state index contributed by atoms with van der Waals surface area (Å²) in [4.78, 5) is 0. The van der Waals surface area contributed by atoms with Crippen molar-refractivity contribution in [2.24, 2.45) is 0 Å². The molecule has 3 rings (SSSR count). The van der Waals surface area contributed by atoms with Gasteiger partial charge < -0.3 is 10.2 Å². The third-order valence-electron chi connectivity index (χ3n) is 3.95. The molecule has 1 aliphatic rings. The van der Waals surface area contributed by atoms with E-state index in [9.17, 15) is 0 Å². The zero-order valence-electron chi connectivity index (χ0n) is 11.2. The van der Waals surface area contributed by atoms with E-state index in [1.54, 1.807) is 0 Å². The van der Waals surface area contributed by atoms with Crippen molar-refractivity contribution in [3.8, 4) is 11.5 Å². The number of rotatable bonds is 2. The van der Waals surface area contributed by atoms with Crippen molar-refractivity contribution in [2.45, 2.75) is 44.9 Å². The summed E-state index contributed by atoms with van der Waals surface area (Å²) in [5, 5.41) is 8.38. The van der Waals surface area contributed by atoms with Crippen molar-refractivity contribution in [2.75, 3.05) is 5.73 Å². The minimum Gasteiger partial charge on any atom is -0.420 e. The first-order valence-corrected chi connectivity index (χ1v) is 6.94. The first-order valence-electron chi connectivity index (χ1n) is 6.94. The van der Waals surface area contributed by atoms with Crippen LogP contribution in [-0.4, -0.2) is 10.2 Å². The quantitative estimate of drug-likeness (QED) is 0.833. The van der Waals surface area contributed by atoms with Crippen molar-refractivity contribution in [3.63, 3.8) is 0 Å². The molecule has 19 heavy (non-hydrogen) atoms. The lowest BCUT2D eigenvalue weighted by molar-refractivity contribution is 0.367. The predicted molar refractivity (Wildman–Crippen MR) is 74.7 cm³/mol. The van der Waals surface area contributed by atoms with Crippen LogP contribution >= 0.6 is 0 Å². The van der Waals surface area contributed by atoms with Crippen molar-refractivity contribution < 1.29 is 4.42 Å². The molecule has 0 unspecified atom stereocenters. The maximum Gasteiger partial charge on any atom is 0.249 e. The fourth-order valence-corrected chi connectivity index (χ4v) is 2.73. The van der Waals surface area contributed by atoms with Crippen molar-refractivity contribution in [1.82, 2.24) is 10.2 Å². The van der Waals surface area contributed by atoms with Crippen molar-refractivity contribution >= 4 is 5.69 Å². The van der Waals surface area contributed by atoms with Crippen LogP contribution in [0, 0.1) is 6.92 Å². The van der Waals surface area contributed by atoms with Crippen LogP contribution in [0.3, 0.4) is 0 Å². The van der Waals surface area contributed by atoms with Crippen LogP contribution in [0.2, 0.25) is 0 Å². The lowest BCUT2D eigenvalue weighted by atomic mass is 9.89. The summed E-state index contributed by atoms with van der Waals surface area (Å²) in [6.45, 7) is 1.98. The largest absolute Gasteiger partial charge is 0.420 e. The van der Waals surface area contributed by atoms with Gasteiger partial charge in [-0.15, -0.1) is 10.2 Å². The molecule has 0 aliphatic heterocycles. The second-order valence-corrected chi connectivity index (χ2v) is 5.32. The molecule has 1 heterocycles. The van der Waals surface area contributed by atoms with Crippen molar-refractivity contribution in [1.29, 1.82) is 0 Å². The Kier molecular flexibility index (Phi) is 3.23. The van der Waals surface area contributed by atoms with Gasteiger partial charge in [-0.25, -0.2) is 0 Å². The highest BCUT2D eigenvalue weighted by Gasteiger charge is 2.22. The fraction of sp³-hybridized carbons (Fsp3) is 0.467. The SMILES string of the molecule is Cc1cccc(-c2nnc(C3CCCCC3)o2)c1N. The summed E-state index contributed by atoms with van der Waals surface area (Å²) in [7, 11) is 0. The van der Waals surface area contributed by atoms with Crippen LogP contribution in [0.15, 0.2) is 22.6 Å². The standard InChI is InChI=1S/C15H19N3O/c1-10-6-5-9-12(13(10)16)15-18-17-14(19-15)11-7-3-2-4-8-11/h5-6,9,11H,2-4,7-8,16H2,1H3. The second kappa shape index (κ2) is 5.03. The molecule has 2 aromatic rings. The van der Waals surface area contributed by atoms with Crippen LogP contribution in [0.1, 0.15) is 49.5 Å². The van der Waals surface area contributed by atoms with Gasteiger partial charge in [-0.05, 0) is 31.4 Å². The molecule has 0 saturated heterocycles. The minimum atomic E-state index is 0.432. The Hall–Kier alpha value is -1.84. The van der Waals surface area contributed by atoms with E-state index in [0.29, 0.717) is 11.8 Å². The number of hydrogen-bond donors (Lipinski definition) is 1. The highest BCUT2D eigenvalue weighted by Crippen LogP contribution is 2.34. The van der Waals surface area contributed by atoms with Gasteiger partial charge in [0.1, 0.15) is 0 Å². The maximum absolute atomic E-state index is 6.07. The monoisotopic (exact) mass is 257 g/mol. The van der Waals surface area contributed by atoms with E-state index < -0.39 is 0 Å². The highest BCUT2D eigenvalue weighted by molar-refractivity contribution is 5.72. The molecule has 1 fully saturated rings. The van der Waals surface area contributed by atoms with E-state index in [2.05, 4.69) is 10.2 Å². The Balaban J connectivity index is 1.90. The first-order chi connectivity index (χ1) is 9.25. The fourth-order valence-electron chi connectivity index (χ4n) is 2.73. The number of nitrogen functional groups attached to an aromatic ring is 1. The van der Waals surface area contributed by atoms with Gasteiger partial charge in [0.25, 0.3) is 0 Å². The Morgan fingerprint density at radius 2 is 1.95 bits per heavy atom. The molecule has 100 valence electrons. The van der Waals surface area contributed by atoms with Gasteiger partial charge in [0, 0.05) is 11.6 Å². The summed E-state index contributed by atoms with van der Waals surface area (Å²) in [6.07, 6.45) is 6.15. The molecule has 1 aromatic heterocycles. The van der Waals surface area contributed by atoms with Crippen LogP contribution < -0.4 is 5.73 Å². The number of hydrogen-bond acceptors (Lipinski definition) is 4. The van der Waals surface area contributed by atoms with Crippen LogP contribution in [0.5, 0.6) is 0 Å². The average molecular weight is 257 g/mol. The lowest BCUT2D eigenvalue weighted by Gasteiger charge is -2.17. The summed E-state index contributed by atoms with van der Waals surface area (Å²) >= 11 is 0. The molecule has 1 aromatic carbocycles. The Labute approximate surface area is 113 Å². The van der Waals surface area contributed by atoms with E-state index in [-0.39, 0.29) is 0 Å². The minimum absolute atomic E-state index is 0.432. The zero-order chi connectivity index (χ0) is 13.2. The van der Waals surface area contributed by atoms with Gasteiger partial charge in [-0.3, -0.25) is 0 Å². The van der Waals surface area contributed by atoms with Gasteiger partial charge in [0.15, 0.2) is 0 Å². The maximum atomic E-state index is 6.07. The number of aromatic nitrogens is 2. The average Bonchev–Trinajstić information content (AvgIpc) is 2.92. The van der Waals surface area contributed by atoms with Crippen LogP contribution in [-0.2, 0) is 0 Å². The lowest BCUT2D eigenvalue weighted by Crippen LogP contribution is -2.04. The predicted octanol–water partition coefficient (Wildman–Crippen LogP) is 3.67. The smallest absolute Gasteiger partial charge is 0.249 e. The Morgan fingerprint density at radius 1 is 1.16 bits per heavy atom. The summed E-state index contributed by atoms with van der Waals surface area (Å²) in [5.41, 5.74) is 8.68. The molecule has 2 N–H and O–H groups in total. The van der Waals surface area contributed by atoms with E-state index in [1.165, 1.54) is 19.3 Å². The molecular formula is C15H19N3O. The molecule has 0 spiro atoms. The second-order valence-electron chi connectivity index (χ2n) is 5.32. The third kappa shape index (κ3) is 2.35. The molecular weight excluding hydrogens is 238 g/mol. The van der Waals surface area contributed by atoms with E-state index >= 15 is 0 Å². The normalized spacial score (nSPS) is 16.7. The third-order valence-corrected chi connectivity index (χ3v) is 3.95. The molecule has 4 heteroatoms. The molecule has 1 saturated carbocycles. The topological polar surface area (TPSA) is 64.9 Å². The highest BCUT2D eigenvalue weighted by atomic mass is 16.4. The molecule has 0 atom stereocenters. The molecule has 1 aliphatic carbocycles. The van der Waals surface area contributed by atoms with Crippen LogP contribution in [0.4, 0.5) is 5.69 Å². The summed E-state index contributed by atoms with van der Waals surface area (Å²) in [5.74, 6) is 1.75. The van der Waals surface area contributed by atoms with Gasteiger partial charge in [0.2, 0.25) is 11.8 Å². The number of nitrogens with two attached hydrogens (primary N) is 1. The van der Waals surface area contributed by atoms with Gasteiger partial charge in [-0.1, -0.05) is 31.4 Å². The van der Waals surface area contributed by atoms with Crippen LogP contribution in [0.25, 0.3) is 11.5 Å². The van der Waals surface area contributed by atoms with Gasteiger partial charge in [0.05, 0.1) is 5.56 Å². The van der Waals surface area contributed by atoms with Crippen molar-refractivity contribution in [3.05, 3.63) is 29.7 Å². The number of anilines is 1. The van der Waals surface area contributed by atoms with E-state index in [0.717, 1.165) is 35.5 Å². The Morgan fingerprint density at radius 3 is 2.74 bits per heavy atom. The van der Waals surface area contributed by atoms with E-state index in [1.807, 2.05) is 25.1 Å². The number of aryl methyl sites for hydroxylation is 1. The van der Waals surface area contributed by atoms with Gasteiger partial charge in [-0.2, -0.15) is 0 Å². The summed E-state index contributed by atoms with van der Waals surface area (Å²) < 4.78 is 5.84. The zero-order valence-corrected chi connectivity index (χ0v) is 11.2. The van der Waals surface area contributed by atoms with Gasteiger partial charge >= 0.3 is 0 Å².